The molecular weight excluding hydrogens is 254 g/mol. The third kappa shape index (κ3) is 2.40. The lowest BCUT2D eigenvalue weighted by Crippen LogP contribution is -2.15. The minimum absolute atomic E-state index is 0.463. The van der Waals surface area contributed by atoms with Crippen LogP contribution in [0.5, 0.6) is 0 Å². The van der Waals surface area contributed by atoms with Gasteiger partial charge in [0, 0.05) is 17.8 Å². The monoisotopic (exact) mass is 271 g/mol. The summed E-state index contributed by atoms with van der Waals surface area (Å²) in [5.74, 6) is 0. The van der Waals surface area contributed by atoms with Gasteiger partial charge in [-0.1, -0.05) is 36.5 Å². The average molecular weight is 271 g/mol. The number of aryl methyl sites for hydroxylation is 1. The second-order valence-electron chi connectivity index (χ2n) is 4.99. The second kappa shape index (κ2) is 5.13. The van der Waals surface area contributed by atoms with Crippen LogP contribution in [0.15, 0.2) is 30.6 Å². The Morgan fingerprint density at radius 2 is 2.05 bits per heavy atom. The van der Waals surface area contributed by atoms with Crippen molar-refractivity contribution >= 4 is 17.2 Å². The summed E-state index contributed by atoms with van der Waals surface area (Å²) in [6, 6.07) is 8.08. The van der Waals surface area contributed by atoms with Crippen molar-refractivity contribution < 1.29 is 0 Å². The van der Waals surface area contributed by atoms with E-state index in [4.69, 9.17) is 18.0 Å². The molecule has 0 amide bonds. The fourth-order valence-corrected chi connectivity index (χ4v) is 2.95. The van der Waals surface area contributed by atoms with E-state index in [1.165, 1.54) is 29.8 Å². The van der Waals surface area contributed by atoms with Crippen LogP contribution in [0.2, 0.25) is 0 Å². The van der Waals surface area contributed by atoms with E-state index in [1.807, 2.05) is 24.5 Å². The van der Waals surface area contributed by atoms with E-state index in [2.05, 4.69) is 15.6 Å². The Labute approximate surface area is 118 Å². The van der Waals surface area contributed by atoms with Crippen molar-refractivity contribution in [3.63, 3.8) is 0 Å². The van der Waals surface area contributed by atoms with Gasteiger partial charge in [-0.05, 0) is 31.2 Å². The highest BCUT2D eigenvalue weighted by Gasteiger charge is 2.16. The first-order valence-electron chi connectivity index (χ1n) is 6.66. The third-order valence-electron chi connectivity index (χ3n) is 3.73. The summed E-state index contributed by atoms with van der Waals surface area (Å²) in [6.07, 6.45) is 6.71. The molecule has 1 aliphatic carbocycles. The number of benzene rings is 1. The normalized spacial score (nSPS) is 14.1. The second-order valence-corrected chi connectivity index (χ2v) is 5.43. The first-order chi connectivity index (χ1) is 9.25. The van der Waals surface area contributed by atoms with Gasteiger partial charge in [-0.3, -0.25) is 0 Å². The minimum atomic E-state index is 0.463. The van der Waals surface area contributed by atoms with Crippen LogP contribution < -0.4 is 5.73 Å². The highest BCUT2D eigenvalue weighted by atomic mass is 32.1. The minimum Gasteiger partial charge on any atom is -0.389 e. The number of thiocarbonyl (C=S) groups is 1. The molecule has 0 bridgehead atoms. The summed E-state index contributed by atoms with van der Waals surface area (Å²) in [4.78, 5) is 4.99. The average Bonchev–Trinajstić information content (AvgIpc) is 2.83. The fourth-order valence-electron chi connectivity index (χ4n) is 2.75. The van der Waals surface area contributed by atoms with Crippen molar-refractivity contribution in [1.82, 2.24) is 9.55 Å². The Bertz CT molecular complexity index is 616. The van der Waals surface area contributed by atoms with E-state index in [-0.39, 0.29) is 0 Å². The fraction of sp³-hybridized carbons (Fsp3) is 0.333. The third-order valence-corrected chi connectivity index (χ3v) is 3.95. The first-order valence-corrected chi connectivity index (χ1v) is 7.07. The Kier molecular flexibility index (Phi) is 3.34. The predicted molar refractivity (Wildman–Crippen MR) is 80.3 cm³/mol. The zero-order valence-corrected chi connectivity index (χ0v) is 11.6. The molecule has 1 heterocycles. The predicted octanol–water partition coefficient (Wildman–Crippen LogP) is 2.44. The van der Waals surface area contributed by atoms with Crippen LogP contribution in [-0.2, 0) is 19.4 Å². The van der Waals surface area contributed by atoms with Crippen LogP contribution in [0.25, 0.3) is 0 Å². The van der Waals surface area contributed by atoms with Crippen LogP contribution in [0.1, 0.15) is 35.4 Å². The zero-order valence-electron chi connectivity index (χ0n) is 10.8. The molecule has 19 heavy (non-hydrogen) atoms. The van der Waals surface area contributed by atoms with Crippen LogP contribution in [0.3, 0.4) is 0 Å². The summed E-state index contributed by atoms with van der Waals surface area (Å²) < 4.78 is 2.24. The molecule has 0 saturated heterocycles. The Balaban J connectivity index is 1.94. The molecule has 0 saturated carbocycles. The van der Waals surface area contributed by atoms with Crippen molar-refractivity contribution in [1.29, 1.82) is 0 Å². The molecule has 1 aromatic carbocycles. The Morgan fingerprint density at radius 3 is 2.89 bits per heavy atom. The van der Waals surface area contributed by atoms with Crippen molar-refractivity contribution in [3.05, 3.63) is 53.1 Å². The molecular formula is C15H17N3S. The van der Waals surface area contributed by atoms with Crippen LogP contribution in [0, 0.1) is 0 Å². The molecule has 1 aliphatic rings. The highest BCUT2D eigenvalue weighted by Crippen LogP contribution is 2.21. The lowest BCUT2D eigenvalue weighted by atomic mass is 10.0. The largest absolute Gasteiger partial charge is 0.389 e. The molecule has 0 radical (unpaired) electrons. The molecule has 0 aliphatic heterocycles. The zero-order chi connectivity index (χ0) is 13.2. The molecule has 3 rings (SSSR count). The van der Waals surface area contributed by atoms with Crippen molar-refractivity contribution in [2.24, 2.45) is 5.73 Å². The maximum Gasteiger partial charge on any atom is 0.104 e. The van der Waals surface area contributed by atoms with Gasteiger partial charge in [-0.2, -0.15) is 0 Å². The van der Waals surface area contributed by atoms with Crippen molar-refractivity contribution in [3.8, 4) is 0 Å². The number of nitrogens with two attached hydrogens (primary N) is 1. The summed E-state index contributed by atoms with van der Waals surface area (Å²) in [5.41, 5.74) is 10.6. The van der Waals surface area contributed by atoms with Gasteiger partial charge in [0.25, 0.3) is 0 Å². The Hall–Kier alpha value is -1.68. The van der Waals surface area contributed by atoms with Gasteiger partial charge in [-0.15, -0.1) is 0 Å². The molecule has 0 spiro atoms. The number of nitrogens with zero attached hydrogens (tertiary/aromatic N) is 2. The molecule has 98 valence electrons. The topological polar surface area (TPSA) is 43.8 Å². The lowest BCUT2D eigenvalue weighted by molar-refractivity contribution is 0.628. The maximum absolute atomic E-state index is 5.79. The van der Waals surface area contributed by atoms with E-state index in [1.54, 1.807) is 0 Å². The van der Waals surface area contributed by atoms with E-state index in [0.717, 1.165) is 24.9 Å². The molecule has 2 aromatic rings. The van der Waals surface area contributed by atoms with Crippen molar-refractivity contribution in [2.75, 3.05) is 0 Å². The quantitative estimate of drug-likeness (QED) is 0.872. The standard InChI is InChI=1S/C15H17N3S/c16-15(19)12-6-2-1-5-11(12)9-18-10-17-13-7-3-4-8-14(13)18/h1-2,5-6,10H,3-4,7-9H2,(H2,16,19). The van der Waals surface area contributed by atoms with E-state index >= 15 is 0 Å². The number of fused-ring (bicyclic) bond motifs is 1. The molecule has 2 N–H and O–H groups in total. The Morgan fingerprint density at radius 1 is 1.26 bits per heavy atom. The number of hydrogen-bond acceptors (Lipinski definition) is 2. The van der Waals surface area contributed by atoms with E-state index in [0.29, 0.717) is 4.99 Å². The maximum atomic E-state index is 5.79. The van der Waals surface area contributed by atoms with Gasteiger partial charge in [0.2, 0.25) is 0 Å². The smallest absolute Gasteiger partial charge is 0.104 e. The van der Waals surface area contributed by atoms with Crippen LogP contribution in [-0.4, -0.2) is 14.5 Å². The van der Waals surface area contributed by atoms with E-state index in [9.17, 15) is 0 Å². The number of hydrogen-bond donors (Lipinski definition) is 1. The lowest BCUT2D eigenvalue weighted by Gasteiger charge is -2.15. The number of imidazole rings is 1. The van der Waals surface area contributed by atoms with E-state index < -0.39 is 0 Å². The van der Waals surface area contributed by atoms with Gasteiger partial charge in [0.15, 0.2) is 0 Å². The van der Waals surface area contributed by atoms with Gasteiger partial charge < -0.3 is 10.3 Å². The van der Waals surface area contributed by atoms with Gasteiger partial charge in [0.1, 0.15) is 4.99 Å². The molecule has 1 aromatic heterocycles. The van der Waals surface area contributed by atoms with Gasteiger partial charge in [-0.25, -0.2) is 4.98 Å². The number of aromatic nitrogens is 2. The summed E-state index contributed by atoms with van der Waals surface area (Å²) in [6.45, 7) is 0.801. The highest BCUT2D eigenvalue weighted by molar-refractivity contribution is 7.80. The number of rotatable bonds is 3. The summed E-state index contributed by atoms with van der Waals surface area (Å²) >= 11 is 5.12. The molecule has 3 nitrogen and oxygen atoms in total. The molecule has 0 atom stereocenters. The van der Waals surface area contributed by atoms with Gasteiger partial charge in [0.05, 0.1) is 12.0 Å². The molecule has 4 heteroatoms. The van der Waals surface area contributed by atoms with Crippen LogP contribution in [0.4, 0.5) is 0 Å². The first kappa shape index (κ1) is 12.4. The summed E-state index contributed by atoms with van der Waals surface area (Å²) in [5, 5.41) is 0. The summed E-state index contributed by atoms with van der Waals surface area (Å²) in [7, 11) is 0. The van der Waals surface area contributed by atoms with Crippen LogP contribution >= 0.6 is 12.2 Å². The van der Waals surface area contributed by atoms with Crippen molar-refractivity contribution in [2.45, 2.75) is 32.2 Å². The van der Waals surface area contributed by atoms with Gasteiger partial charge >= 0.3 is 0 Å². The molecule has 0 fully saturated rings. The molecule has 0 unspecified atom stereocenters. The SMILES string of the molecule is NC(=S)c1ccccc1Cn1cnc2c1CCCC2.